The third-order valence-electron chi connectivity index (χ3n) is 2.97. The molecule has 0 aliphatic carbocycles. The Hall–Kier alpha value is -1.80. The van der Waals surface area contributed by atoms with Gasteiger partial charge in [-0.25, -0.2) is 0 Å². The molecule has 2 rings (SSSR count). The lowest BCUT2D eigenvalue weighted by Crippen LogP contribution is -2.53. The number of carbonyl (C=O) groups excluding carboxylic acids is 4. The van der Waals surface area contributed by atoms with Gasteiger partial charge in [0.1, 0.15) is 0 Å². The van der Waals surface area contributed by atoms with Gasteiger partial charge in [0.05, 0.1) is 26.2 Å². The van der Waals surface area contributed by atoms with E-state index in [1.807, 2.05) is 6.92 Å². The molecule has 0 saturated carbocycles. The Balaban J connectivity index is 1.91. The van der Waals surface area contributed by atoms with Crippen LogP contribution in [0.15, 0.2) is 0 Å². The van der Waals surface area contributed by atoms with Crippen LogP contribution in [0.1, 0.15) is 6.92 Å². The van der Waals surface area contributed by atoms with Crippen molar-refractivity contribution in [3.8, 4) is 0 Å². The molecule has 2 aliphatic rings. The number of nitrogens with zero attached hydrogens (tertiary/aromatic N) is 2. The average molecular weight is 270 g/mol. The van der Waals surface area contributed by atoms with Crippen molar-refractivity contribution >= 4 is 23.9 Å². The second-order valence-corrected chi connectivity index (χ2v) is 4.62. The first-order valence-corrected chi connectivity index (χ1v) is 5.87. The number of hydrogen-bond acceptors (Lipinski definition) is 8. The van der Waals surface area contributed by atoms with Crippen molar-refractivity contribution in [2.75, 3.05) is 32.7 Å². The Bertz CT molecular complexity index is 403. The van der Waals surface area contributed by atoms with Gasteiger partial charge in [-0.3, -0.25) is 29.0 Å². The quantitative estimate of drug-likeness (QED) is 0.435. The second-order valence-electron chi connectivity index (χ2n) is 4.62. The maximum Gasteiger partial charge on any atom is 0.327 e. The predicted octanol–water partition coefficient (Wildman–Crippen LogP) is -1.85. The molecule has 8 heteroatoms. The van der Waals surface area contributed by atoms with Crippen LogP contribution in [0.4, 0.5) is 0 Å². The van der Waals surface area contributed by atoms with E-state index in [-0.39, 0.29) is 32.2 Å². The lowest BCUT2D eigenvalue weighted by atomic mass is 10.2. The molecule has 1 unspecified atom stereocenters. The van der Waals surface area contributed by atoms with Crippen molar-refractivity contribution in [1.82, 2.24) is 9.80 Å². The summed E-state index contributed by atoms with van der Waals surface area (Å²) < 4.78 is 8.85. The monoisotopic (exact) mass is 270 g/mol. The van der Waals surface area contributed by atoms with Gasteiger partial charge in [-0.2, -0.15) is 0 Å². The van der Waals surface area contributed by atoms with Gasteiger partial charge in [-0.1, -0.05) is 0 Å². The molecule has 19 heavy (non-hydrogen) atoms. The highest BCUT2D eigenvalue weighted by molar-refractivity contribution is 5.90. The molecule has 0 aromatic carbocycles. The molecule has 2 saturated heterocycles. The van der Waals surface area contributed by atoms with Gasteiger partial charge in [0, 0.05) is 12.6 Å². The summed E-state index contributed by atoms with van der Waals surface area (Å²) in [6, 6.07) is -0.157. The standard InChI is InChI=1S/C11H14N2O6/c1-7(13-5-10(16)19-11(17)6-13)2-12-3-8(14)18-9(15)4-12/h7H,2-6H2,1H3. The largest absolute Gasteiger partial charge is 0.391 e. The minimum absolute atomic E-state index is 0.0269. The fourth-order valence-electron chi connectivity index (χ4n) is 2.12. The van der Waals surface area contributed by atoms with E-state index in [1.54, 1.807) is 9.80 Å². The van der Waals surface area contributed by atoms with Gasteiger partial charge in [0.25, 0.3) is 0 Å². The van der Waals surface area contributed by atoms with Crippen LogP contribution in [0.2, 0.25) is 0 Å². The average Bonchev–Trinajstić information content (AvgIpc) is 2.25. The lowest BCUT2D eigenvalue weighted by Gasteiger charge is -2.34. The highest BCUT2D eigenvalue weighted by Gasteiger charge is 2.31. The van der Waals surface area contributed by atoms with Crippen LogP contribution < -0.4 is 0 Å². The molecule has 0 aromatic heterocycles. The number of esters is 4. The molecule has 0 aromatic rings. The summed E-state index contributed by atoms with van der Waals surface area (Å²) in [5, 5.41) is 0. The van der Waals surface area contributed by atoms with Gasteiger partial charge in [0.15, 0.2) is 0 Å². The van der Waals surface area contributed by atoms with E-state index in [9.17, 15) is 19.2 Å². The number of carbonyl (C=O) groups is 4. The molecule has 104 valence electrons. The maximum atomic E-state index is 11.2. The first-order chi connectivity index (χ1) is 8.94. The fourth-order valence-corrected chi connectivity index (χ4v) is 2.12. The van der Waals surface area contributed by atoms with Crippen molar-refractivity contribution in [3.63, 3.8) is 0 Å². The van der Waals surface area contributed by atoms with Crippen LogP contribution in [-0.4, -0.2) is 72.4 Å². The van der Waals surface area contributed by atoms with Crippen LogP contribution in [0.25, 0.3) is 0 Å². The summed E-state index contributed by atoms with van der Waals surface area (Å²) >= 11 is 0. The van der Waals surface area contributed by atoms with Crippen molar-refractivity contribution in [2.24, 2.45) is 0 Å². The number of ether oxygens (including phenoxy) is 2. The highest BCUT2D eigenvalue weighted by Crippen LogP contribution is 2.09. The Morgan fingerprint density at radius 1 is 0.895 bits per heavy atom. The number of morpholine rings is 2. The topological polar surface area (TPSA) is 93.2 Å². The smallest absolute Gasteiger partial charge is 0.327 e. The van der Waals surface area contributed by atoms with Crippen LogP contribution in [0.3, 0.4) is 0 Å². The molecule has 0 bridgehead atoms. The molecular weight excluding hydrogens is 256 g/mol. The second kappa shape index (κ2) is 5.45. The molecular formula is C11H14N2O6. The normalized spacial score (nSPS) is 24.1. The zero-order valence-corrected chi connectivity index (χ0v) is 10.5. The molecule has 0 amide bonds. The van der Waals surface area contributed by atoms with Gasteiger partial charge >= 0.3 is 23.9 Å². The summed E-state index contributed by atoms with van der Waals surface area (Å²) in [6.45, 7) is 2.32. The summed E-state index contributed by atoms with van der Waals surface area (Å²) in [4.78, 5) is 47.8. The highest BCUT2D eigenvalue weighted by atomic mass is 16.6. The number of hydrogen-bond donors (Lipinski definition) is 0. The molecule has 2 aliphatic heterocycles. The predicted molar refractivity (Wildman–Crippen MR) is 59.7 cm³/mol. The minimum atomic E-state index is -0.586. The molecule has 2 heterocycles. The summed E-state index contributed by atoms with van der Waals surface area (Å²) in [5.74, 6) is -2.34. The van der Waals surface area contributed by atoms with E-state index in [0.717, 1.165) is 0 Å². The number of rotatable bonds is 3. The lowest BCUT2D eigenvalue weighted by molar-refractivity contribution is -0.171. The minimum Gasteiger partial charge on any atom is -0.391 e. The Labute approximate surface area is 109 Å². The van der Waals surface area contributed by atoms with Crippen molar-refractivity contribution in [1.29, 1.82) is 0 Å². The van der Waals surface area contributed by atoms with Crippen molar-refractivity contribution in [3.05, 3.63) is 0 Å². The van der Waals surface area contributed by atoms with Gasteiger partial charge in [-0.15, -0.1) is 0 Å². The van der Waals surface area contributed by atoms with Gasteiger partial charge in [0.2, 0.25) is 0 Å². The van der Waals surface area contributed by atoms with E-state index in [1.165, 1.54) is 0 Å². The molecule has 8 nitrogen and oxygen atoms in total. The Morgan fingerprint density at radius 3 is 1.79 bits per heavy atom. The molecule has 0 N–H and O–H groups in total. The van der Waals surface area contributed by atoms with E-state index in [2.05, 4.69) is 9.47 Å². The first kappa shape index (κ1) is 13.6. The molecule has 0 spiro atoms. The fraction of sp³-hybridized carbons (Fsp3) is 0.636. The van der Waals surface area contributed by atoms with Crippen LogP contribution >= 0.6 is 0 Å². The molecule has 1 atom stereocenters. The van der Waals surface area contributed by atoms with Crippen LogP contribution in [-0.2, 0) is 28.7 Å². The maximum absolute atomic E-state index is 11.2. The van der Waals surface area contributed by atoms with Gasteiger partial charge in [-0.05, 0) is 6.92 Å². The Morgan fingerprint density at radius 2 is 1.32 bits per heavy atom. The van der Waals surface area contributed by atoms with Crippen LogP contribution in [0, 0.1) is 0 Å². The first-order valence-electron chi connectivity index (χ1n) is 5.87. The van der Waals surface area contributed by atoms with E-state index >= 15 is 0 Å². The van der Waals surface area contributed by atoms with Crippen molar-refractivity contribution in [2.45, 2.75) is 13.0 Å². The van der Waals surface area contributed by atoms with Crippen LogP contribution in [0.5, 0.6) is 0 Å². The van der Waals surface area contributed by atoms with E-state index < -0.39 is 23.9 Å². The zero-order valence-electron chi connectivity index (χ0n) is 10.5. The molecule has 0 radical (unpaired) electrons. The number of cyclic esters (lactones) is 4. The molecule has 2 fully saturated rings. The van der Waals surface area contributed by atoms with E-state index in [4.69, 9.17) is 0 Å². The summed E-state index contributed by atoms with van der Waals surface area (Å²) in [6.07, 6.45) is 0. The third-order valence-corrected chi connectivity index (χ3v) is 2.97. The third kappa shape index (κ3) is 3.58. The summed E-state index contributed by atoms with van der Waals surface area (Å²) in [5.41, 5.74) is 0. The van der Waals surface area contributed by atoms with Gasteiger partial charge < -0.3 is 9.47 Å². The Kier molecular flexibility index (Phi) is 3.91. The summed E-state index contributed by atoms with van der Waals surface area (Å²) in [7, 11) is 0. The van der Waals surface area contributed by atoms with Crippen molar-refractivity contribution < 1.29 is 28.7 Å². The van der Waals surface area contributed by atoms with E-state index in [0.29, 0.717) is 6.54 Å². The zero-order chi connectivity index (χ0) is 14.0. The SMILES string of the molecule is CC(CN1CC(=O)OC(=O)C1)N1CC(=O)OC(=O)C1.